The van der Waals surface area contributed by atoms with E-state index in [2.05, 4.69) is 15.1 Å². The molecule has 0 N–H and O–H groups in total. The van der Waals surface area contributed by atoms with E-state index < -0.39 is 5.97 Å². The normalized spacial score (nSPS) is 15.6. The molecule has 0 amide bonds. The first kappa shape index (κ1) is 12.8. The van der Waals surface area contributed by atoms with Crippen LogP contribution in [0.25, 0.3) is 11.1 Å². The lowest BCUT2D eigenvalue weighted by Crippen LogP contribution is -2.37. The van der Waals surface area contributed by atoms with Gasteiger partial charge in [0.1, 0.15) is 17.5 Å². The maximum atomic E-state index is 11.9. The number of rotatable bonds is 3. The van der Waals surface area contributed by atoms with Crippen molar-refractivity contribution in [2.45, 2.75) is 6.92 Å². The Morgan fingerprint density at radius 2 is 2.20 bits per heavy atom. The highest BCUT2D eigenvalue weighted by molar-refractivity contribution is 6.04. The monoisotopic (exact) mass is 278 g/mol. The zero-order valence-corrected chi connectivity index (χ0v) is 11.0. The molecular formula is C12H14N4O4. The number of nitrogens with zero attached hydrogens (tertiary/aromatic N) is 4. The van der Waals surface area contributed by atoms with Gasteiger partial charge in [0.25, 0.3) is 5.71 Å². The van der Waals surface area contributed by atoms with Crippen LogP contribution in [0.5, 0.6) is 0 Å². The molecule has 3 heterocycles. The van der Waals surface area contributed by atoms with Gasteiger partial charge in [-0.15, -0.1) is 0 Å². The lowest BCUT2D eigenvalue weighted by Gasteiger charge is -2.27. The van der Waals surface area contributed by atoms with Crippen molar-refractivity contribution in [1.29, 1.82) is 0 Å². The van der Waals surface area contributed by atoms with E-state index in [1.807, 2.05) is 4.90 Å². The van der Waals surface area contributed by atoms with Crippen molar-refractivity contribution >= 4 is 22.9 Å². The summed E-state index contributed by atoms with van der Waals surface area (Å²) in [4.78, 5) is 22.2. The molecular weight excluding hydrogens is 264 g/mol. The maximum absolute atomic E-state index is 11.9. The molecule has 8 heteroatoms. The summed E-state index contributed by atoms with van der Waals surface area (Å²) >= 11 is 0. The summed E-state index contributed by atoms with van der Waals surface area (Å²) in [7, 11) is 0. The Bertz CT molecular complexity index is 621. The van der Waals surface area contributed by atoms with Gasteiger partial charge >= 0.3 is 5.97 Å². The van der Waals surface area contributed by atoms with E-state index in [1.54, 1.807) is 6.92 Å². The van der Waals surface area contributed by atoms with Crippen molar-refractivity contribution in [3.8, 4) is 0 Å². The van der Waals surface area contributed by atoms with Gasteiger partial charge in [-0.05, 0) is 6.92 Å². The van der Waals surface area contributed by atoms with E-state index >= 15 is 0 Å². The maximum Gasteiger partial charge on any atom is 0.361 e. The lowest BCUT2D eigenvalue weighted by molar-refractivity contribution is 0.0517. The molecule has 2 aromatic heterocycles. The molecule has 8 nitrogen and oxygen atoms in total. The molecule has 106 valence electrons. The minimum Gasteiger partial charge on any atom is -0.461 e. The molecule has 1 aliphatic rings. The fraction of sp³-hybridized carbons (Fsp3) is 0.500. The average Bonchev–Trinajstić information content (AvgIpc) is 2.92. The van der Waals surface area contributed by atoms with Crippen molar-refractivity contribution in [3.63, 3.8) is 0 Å². The molecule has 0 saturated carbocycles. The Morgan fingerprint density at radius 1 is 1.40 bits per heavy atom. The van der Waals surface area contributed by atoms with E-state index in [1.165, 1.54) is 6.33 Å². The standard InChI is InChI=1S/C12H14N4O4/c1-2-19-12(17)9-8-10(16-3-5-18-6-4-16)13-7-14-11(8)20-15-9/h7H,2-6H2,1H3. The molecule has 20 heavy (non-hydrogen) atoms. The first-order valence-corrected chi connectivity index (χ1v) is 6.41. The van der Waals surface area contributed by atoms with Crippen LogP contribution in [0.2, 0.25) is 0 Å². The molecule has 0 spiro atoms. The molecule has 1 saturated heterocycles. The summed E-state index contributed by atoms with van der Waals surface area (Å²) in [5.74, 6) is 0.0955. The van der Waals surface area contributed by atoms with Gasteiger partial charge < -0.3 is 18.9 Å². The molecule has 0 unspecified atom stereocenters. The molecule has 0 atom stereocenters. The van der Waals surface area contributed by atoms with Gasteiger partial charge in [0.05, 0.1) is 19.8 Å². The fourth-order valence-electron chi connectivity index (χ4n) is 2.13. The van der Waals surface area contributed by atoms with Gasteiger partial charge in [-0.2, -0.15) is 4.98 Å². The van der Waals surface area contributed by atoms with E-state index in [-0.39, 0.29) is 18.0 Å². The molecule has 0 radical (unpaired) electrons. The van der Waals surface area contributed by atoms with Crippen molar-refractivity contribution < 1.29 is 18.8 Å². The fourth-order valence-corrected chi connectivity index (χ4v) is 2.13. The molecule has 0 bridgehead atoms. The van der Waals surface area contributed by atoms with E-state index in [9.17, 15) is 4.79 Å². The number of carbonyl (C=O) groups excluding carboxylic acids is 1. The third kappa shape index (κ3) is 2.18. The Morgan fingerprint density at radius 3 is 2.95 bits per heavy atom. The van der Waals surface area contributed by atoms with Crippen LogP contribution in [0.4, 0.5) is 5.82 Å². The molecule has 1 fully saturated rings. The van der Waals surface area contributed by atoms with Gasteiger partial charge in [-0.25, -0.2) is 9.78 Å². The topological polar surface area (TPSA) is 90.6 Å². The predicted octanol–water partition coefficient (Wildman–Crippen LogP) is 0.631. The molecule has 2 aromatic rings. The van der Waals surface area contributed by atoms with Gasteiger partial charge in [0, 0.05) is 13.1 Å². The van der Waals surface area contributed by atoms with E-state index in [4.69, 9.17) is 14.0 Å². The number of hydrogen-bond acceptors (Lipinski definition) is 8. The molecule has 0 aliphatic carbocycles. The number of ether oxygens (including phenoxy) is 2. The second kappa shape index (κ2) is 5.41. The van der Waals surface area contributed by atoms with Crippen LogP contribution in [0.15, 0.2) is 10.9 Å². The lowest BCUT2D eigenvalue weighted by atomic mass is 10.2. The second-order valence-corrected chi connectivity index (χ2v) is 4.23. The first-order chi connectivity index (χ1) is 9.81. The van der Waals surface area contributed by atoms with Gasteiger partial charge in [-0.3, -0.25) is 0 Å². The zero-order valence-electron chi connectivity index (χ0n) is 11.0. The second-order valence-electron chi connectivity index (χ2n) is 4.23. The van der Waals surface area contributed by atoms with Gasteiger partial charge in [-0.1, -0.05) is 5.16 Å². The Balaban J connectivity index is 2.06. The quantitative estimate of drug-likeness (QED) is 0.755. The minimum absolute atomic E-state index is 0.115. The van der Waals surface area contributed by atoms with Crippen LogP contribution in [0.3, 0.4) is 0 Å². The molecule has 0 aromatic carbocycles. The largest absolute Gasteiger partial charge is 0.461 e. The van der Waals surface area contributed by atoms with Gasteiger partial charge in [0.15, 0.2) is 0 Å². The third-order valence-electron chi connectivity index (χ3n) is 3.03. The molecule has 1 aliphatic heterocycles. The molecule has 3 rings (SSSR count). The zero-order chi connectivity index (χ0) is 13.9. The number of anilines is 1. The van der Waals surface area contributed by atoms with Crippen LogP contribution in [0.1, 0.15) is 17.4 Å². The SMILES string of the molecule is CCOC(=O)c1noc2ncnc(N3CCOCC3)c12. The Labute approximate surface area is 114 Å². The van der Waals surface area contributed by atoms with Gasteiger partial charge in [0.2, 0.25) is 5.69 Å². The number of aromatic nitrogens is 3. The van der Waals surface area contributed by atoms with Crippen molar-refractivity contribution in [3.05, 3.63) is 12.0 Å². The Kier molecular flexibility index (Phi) is 3.46. The van der Waals surface area contributed by atoms with Crippen LogP contribution in [-0.2, 0) is 9.47 Å². The first-order valence-electron chi connectivity index (χ1n) is 6.41. The Hall–Kier alpha value is -2.22. The van der Waals surface area contributed by atoms with E-state index in [0.29, 0.717) is 37.5 Å². The van der Waals surface area contributed by atoms with Crippen molar-refractivity contribution in [1.82, 2.24) is 15.1 Å². The summed E-state index contributed by atoms with van der Waals surface area (Å²) < 4.78 is 15.4. The van der Waals surface area contributed by atoms with Crippen LogP contribution < -0.4 is 4.90 Å². The summed E-state index contributed by atoms with van der Waals surface area (Å²) in [6, 6.07) is 0. The number of carbonyl (C=O) groups is 1. The van der Waals surface area contributed by atoms with Crippen molar-refractivity contribution in [2.24, 2.45) is 0 Å². The smallest absolute Gasteiger partial charge is 0.361 e. The highest BCUT2D eigenvalue weighted by Gasteiger charge is 2.25. The number of esters is 1. The van der Waals surface area contributed by atoms with Crippen LogP contribution >= 0.6 is 0 Å². The summed E-state index contributed by atoms with van der Waals surface area (Å²) in [5.41, 5.74) is 0.397. The van der Waals surface area contributed by atoms with Crippen molar-refractivity contribution in [2.75, 3.05) is 37.8 Å². The third-order valence-corrected chi connectivity index (χ3v) is 3.03. The van der Waals surface area contributed by atoms with Crippen LogP contribution in [-0.4, -0.2) is 54.0 Å². The minimum atomic E-state index is -0.532. The van der Waals surface area contributed by atoms with E-state index in [0.717, 1.165) is 0 Å². The number of morpholine rings is 1. The average molecular weight is 278 g/mol. The summed E-state index contributed by atoms with van der Waals surface area (Å²) in [6.45, 7) is 4.63. The number of fused-ring (bicyclic) bond motifs is 1. The summed E-state index contributed by atoms with van der Waals surface area (Å²) in [5, 5.41) is 4.25. The summed E-state index contributed by atoms with van der Waals surface area (Å²) in [6.07, 6.45) is 1.40. The highest BCUT2D eigenvalue weighted by atomic mass is 16.5. The number of hydrogen-bond donors (Lipinski definition) is 0. The predicted molar refractivity (Wildman–Crippen MR) is 68.6 cm³/mol. The van der Waals surface area contributed by atoms with Crippen LogP contribution in [0, 0.1) is 0 Å². The highest BCUT2D eigenvalue weighted by Crippen LogP contribution is 2.27.